The molecular formula is C17H25ClN2O. The first kappa shape index (κ1) is 19.3. The number of pyridine rings is 1. The Kier molecular flexibility index (Phi) is 10.1. The second-order valence-electron chi connectivity index (χ2n) is 3.52. The maximum atomic E-state index is 6.19. The normalized spacial score (nSPS) is 9.48. The van der Waals surface area contributed by atoms with Gasteiger partial charge in [-0.2, -0.15) is 0 Å². The van der Waals surface area contributed by atoms with Crippen molar-refractivity contribution in [3.8, 4) is 5.75 Å². The lowest BCUT2D eigenvalue weighted by Gasteiger charge is -2.06. The van der Waals surface area contributed by atoms with E-state index in [0.717, 1.165) is 16.7 Å². The molecule has 0 saturated heterocycles. The molecule has 1 heterocycles. The number of nitrogens with one attached hydrogen (secondary N) is 1. The number of fused-ring (bicyclic) bond motifs is 1. The van der Waals surface area contributed by atoms with Gasteiger partial charge in [0.15, 0.2) is 0 Å². The lowest BCUT2D eigenvalue weighted by atomic mass is 10.2. The van der Waals surface area contributed by atoms with Gasteiger partial charge < -0.3 is 10.1 Å². The Hall–Kier alpha value is -1.74. The summed E-state index contributed by atoms with van der Waals surface area (Å²) in [4.78, 5) is 4.46. The average Bonchev–Trinajstić information content (AvgIpc) is 2.56. The van der Waals surface area contributed by atoms with E-state index in [0.29, 0.717) is 10.8 Å². The van der Waals surface area contributed by atoms with Gasteiger partial charge in [-0.15, -0.1) is 0 Å². The fourth-order valence-corrected chi connectivity index (χ4v) is 1.80. The monoisotopic (exact) mass is 308 g/mol. The Bertz CT molecular complexity index is 568. The molecule has 0 aliphatic carbocycles. The van der Waals surface area contributed by atoms with Crippen molar-refractivity contribution in [3.63, 3.8) is 0 Å². The summed E-state index contributed by atoms with van der Waals surface area (Å²) in [5, 5.41) is 4.63. The third-order valence-electron chi connectivity index (χ3n) is 2.36. The van der Waals surface area contributed by atoms with Crippen LogP contribution in [0, 0.1) is 0 Å². The van der Waals surface area contributed by atoms with Crippen molar-refractivity contribution in [1.82, 2.24) is 4.98 Å². The van der Waals surface area contributed by atoms with Crippen LogP contribution in [0.15, 0.2) is 36.5 Å². The van der Waals surface area contributed by atoms with Crippen molar-refractivity contribution >= 4 is 28.3 Å². The summed E-state index contributed by atoms with van der Waals surface area (Å²) in [7, 11) is 1.63. The molecule has 0 saturated carbocycles. The summed E-state index contributed by atoms with van der Waals surface area (Å²) in [6.07, 6.45) is 3.70. The highest BCUT2D eigenvalue weighted by Crippen LogP contribution is 2.28. The van der Waals surface area contributed by atoms with Crippen LogP contribution in [0.5, 0.6) is 5.75 Å². The van der Waals surface area contributed by atoms with Crippen LogP contribution in [0.3, 0.4) is 0 Å². The molecule has 2 aromatic rings. The van der Waals surface area contributed by atoms with Gasteiger partial charge in [-0.3, -0.25) is 0 Å². The topological polar surface area (TPSA) is 34.1 Å². The number of ether oxygens (including phenoxy) is 1. The minimum atomic E-state index is 0.671. The quantitative estimate of drug-likeness (QED) is 0.767. The van der Waals surface area contributed by atoms with Gasteiger partial charge in [-0.25, -0.2) is 4.98 Å². The number of anilines is 1. The SMILES string of the molecule is C/C=C\Nc1cc(Cl)c2ccc(OC)cc2n1.CC.CC. The number of methoxy groups -OCH3 is 1. The Morgan fingerprint density at radius 3 is 2.38 bits per heavy atom. The first-order valence-corrected chi connectivity index (χ1v) is 7.64. The van der Waals surface area contributed by atoms with Gasteiger partial charge >= 0.3 is 0 Å². The van der Waals surface area contributed by atoms with Crippen molar-refractivity contribution in [2.24, 2.45) is 0 Å². The molecule has 3 nitrogen and oxygen atoms in total. The van der Waals surface area contributed by atoms with Gasteiger partial charge in [-0.1, -0.05) is 45.4 Å². The van der Waals surface area contributed by atoms with Gasteiger partial charge in [0.1, 0.15) is 11.6 Å². The van der Waals surface area contributed by atoms with E-state index in [9.17, 15) is 0 Å². The highest BCUT2D eigenvalue weighted by molar-refractivity contribution is 6.35. The van der Waals surface area contributed by atoms with Gasteiger partial charge in [0.25, 0.3) is 0 Å². The van der Waals surface area contributed by atoms with Gasteiger partial charge in [0, 0.05) is 17.5 Å². The molecule has 116 valence electrons. The van der Waals surface area contributed by atoms with Crippen LogP contribution in [-0.2, 0) is 0 Å². The summed E-state index contributed by atoms with van der Waals surface area (Å²) in [6, 6.07) is 7.44. The molecule has 0 unspecified atom stereocenters. The molecule has 1 N–H and O–H groups in total. The van der Waals surface area contributed by atoms with E-state index < -0.39 is 0 Å². The lowest BCUT2D eigenvalue weighted by molar-refractivity contribution is 0.415. The summed E-state index contributed by atoms with van der Waals surface area (Å²) in [5.41, 5.74) is 0.809. The molecular weight excluding hydrogens is 284 g/mol. The van der Waals surface area contributed by atoms with E-state index >= 15 is 0 Å². The molecule has 4 heteroatoms. The standard InChI is InChI=1S/C13H13ClN2O.2C2H6/c1-3-6-15-13-8-11(14)10-5-4-9(17-2)7-12(10)16-13;2*1-2/h3-8H,1-2H3,(H,15,16);2*1-2H3/b6-3-;;. The highest BCUT2D eigenvalue weighted by Gasteiger charge is 2.04. The summed E-state index contributed by atoms with van der Waals surface area (Å²) >= 11 is 6.19. The fourth-order valence-electron chi connectivity index (χ4n) is 1.54. The highest BCUT2D eigenvalue weighted by atomic mass is 35.5. The summed E-state index contributed by atoms with van der Waals surface area (Å²) < 4.78 is 5.17. The van der Waals surface area contributed by atoms with Crippen molar-refractivity contribution in [2.75, 3.05) is 12.4 Å². The van der Waals surface area contributed by atoms with E-state index in [-0.39, 0.29) is 0 Å². The molecule has 2 rings (SSSR count). The number of hydrogen-bond donors (Lipinski definition) is 1. The molecule has 0 radical (unpaired) electrons. The molecule has 1 aromatic carbocycles. The van der Waals surface area contributed by atoms with Crippen LogP contribution in [-0.4, -0.2) is 12.1 Å². The Labute approximate surface area is 133 Å². The number of benzene rings is 1. The smallest absolute Gasteiger partial charge is 0.132 e. The number of halogens is 1. The summed E-state index contributed by atoms with van der Waals surface area (Å²) in [6.45, 7) is 9.93. The third-order valence-corrected chi connectivity index (χ3v) is 2.68. The zero-order valence-electron chi connectivity index (χ0n) is 13.7. The molecule has 0 fully saturated rings. The van der Waals surface area contributed by atoms with Crippen molar-refractivity contribution in [3.05, 3.63) is 41.6 Å². The predicted molar refractivity (Wildman–Crippen MR) is 94.4 cm³/mol. The Morgan fingerprint density at radius 2 is 1.81 bits per heavy atom. The maximum absolute atomic E-state index is 6.19. The predicted octanol–water partition coefficient (Wildman–Crippen LogP) is 5.89. The van der Waals surface area contributed by atoms with Crippen LogP contribution in [0.2, 0.25) is 5.02 Å². The lowest BCUT2D eigenvalue weighted by Crippen LogP contribution is -1.92. The minimum absolute atomic E-state index is 0.671. The van der Waals surface area contributed by atoms with E-state index in [1.807, 2.05) is 65.1 Å². The van der Waals surface area contributed by atoms with Crippen LogP contribution in [0.1, 0.15) is 34.6 Å². The van der Waals surface area contributed by atoms with E-state index in [1.165, 1.54) is 0 Å². The zero-order chi connectivity index (χ0) is 16.3. The number of rotatable bonds is 3. The molecule has 21 heavy (non-hydrogen) atoms. The molecule has 1 aromatic heterocycles. The first-order valence-electron chi connectivity index (χ1n) is 7.26. The Balaban J connectivity index is 0.000000921. The zero-order valence-corrected chi connectivity index (χ0v) is 14.5. The van der Waals surface area contributed by atoms with Gasteiger partial charge in [0.2, 0.25) is 0 Å². The minimum Gasteiger partial charge on any atom is -0.497 e. The van der Waals surface area contributed by atoms with Gasteiger partial charge in [-0.05, 0) is 25.3 Å². The van der Waals surface area contributed by atoms with Crippen molar-refractivity contribution < 1.29 is 4.74 Å². The van der Waals surface area contributed by atoms with Crippen molar-refractivity contribution in [1.29, 1.82) is 0 Å². The van der Waals surface area contributed by atoms with Gasteiger partial charge in [0.05, 0.1) is 17.6 Å². The van der Waals surface area contributed by atoms with Crippen LogP contribution in [0.4, 0.5) is 5.82 Å². The fraction of sp³-hybridized carbons (Fsp3) is 0.353. The number of nitrogens with zero attached hydrogens (tertiary/aromatic N) is 1. The summed E-state index contributed by atoms with van der Waals surface area (Å²) in [5.74, 6) is 1.48. The number of allylic oxidation sites excluding steroid dienone is 1. The molecule has 0 atom stereocenters. The molecule has 0 aliphatic rings. The average molecular weight is 309 g/mol. The molecule has 0 bridgehead atoms. The van der Waals surface area contributed by atoms with E-state index in [1.54, 1.807) is 13.2 Å². The molecule has 0 spiro atoms. The third kappa shape index (κ3) is 5.64. The van der Waals surface area contributed by atoms with Crippen molar-refractivity contribution in [2.45, 2.75) is 34.6 Å². The Morgan fingerprint density at radius 1 is 1.14 bits per heavy atom. The van der Waals surface area contributed by atoms with Crippen LogP contribution >= 0.6 is 11.6 Å². The largest absolute Gasteiger partial charge is 0.497 e. The van der Waals surface area contributed by atoms with E-state index in [4.69, 9.17) is 16.3 Å². The second-order valence-corrected chi connectivity index (χ2v) is 3.92. The number of hydrogen-bond acceptors (Lipinski definition) is 3. The van der Waals surface area contributed by atoms with Crippen LogP contribution < -0.4 is 10.1 Å². The number of aromatic nitrogens is 1. The first-order chi connectivity index (χ1) is 10.2. The maximum Gasteiger partial charge on any atom is 0.132 e. The molecule has 0 aliphatic heterocycles. The van der Waals surface area contributed by atoms with Crippen LogP contribution in [0.25, 0.3) is 10.9 Å². The molecule has 0 amide bonds. The second kappa shape index (κ2) is 11.0. The van der Waals surface area contributed by atoms with E-state index in [2.05, 4.69) is 10.3 Å².